The van der Waals surface area contributed by atoms with Gasteiger partial charge in [-0.15, -0.1) is 0 Å². The first-order valence-electron chi connectivity index (χ1n) is 5.31. The number of hydrogen-bond acceptors (Lipinski definition) is 2. The Kier molecular flexibility index (Phi) is 23.8. The minimum Gasteiger partial charge on any atom is -0.466 e. The molecule has 1 aromatic rings. The molecule has 2 nitrogen and oxygen atoms in total. The molecule has 21 heavy (non-hydrogen) atoms. The molecule has 0 saturated heterocycles. The molecule has 0 atom stereocenters. The van der Waals surface area contributed by atoms with Gasteiger partial charge in [0.15, 0.2) is 4.30 Å². The molecule has 1 rings (SSSR count). The van der Waals surface area contributed by atoms with Gasteiger partial charge < -0.3 is 4.74 Å². The molecule has 0 aliphatic rings. The third kappa shape index (κ3) is 76.9. The highest BCUT2D eigenvalue weighted by Gasteiger charge is 2.11. The molecular formula is C12H15Cl7O2. The van der Waals surface area contributed by atoms with Crippen LogP contribution in [0.4, 0.5) is 0 Å². The van der Waals surface area contributed by atoms with Crippen LogP contribution < -0.4 is 0 Å². The lowest BCUT2D eigenvalue weighted by atomic mass is 10.4. The average molecular weight is 439 g/mol. The molecule has 0 amide bonds. The minimum absolute atomic E-state index is 0.211. The number of benzene rings is 1. The number of carbonyl (C=O) groups excluding carboxylic acids is 1. The predicted octanol–water partition coefficient (Wildman–Crippen LogP) is 6.80. The van der Waals surface area contributed by atoms with Gasteiger partial charge in [0.1, 0.15) is 0 Å². The second kappa shape index (κ2) is 18.8. The highest BCUT2D eigenvalue weighted by molar-refractivity contribution is 6.83. The van der Waals surface area contributed by atoms with Crippen molar-refractivity contribution in [2.24, 2.45) is 0 Å². The first kappa shape index (κ1) is 26.6. The molecule has 0 radical (unpaired) electrons. The van der Waals surface area contributed by atoms with Crippen LogP contribution in [0.25, 0.3) is 0 Å². The Morgan fingerprint density at radius 3 is 1.19 bits per heavy atom. The minimum atomic E-state index is -1.61. The smallest absolute Gasteiger partial charge is 0.302 e. The fraction of sp³-hybridized carbons (Fsp3) is 0.417. The van der Waals surface area contributed by atoms with Gasteiger partial charge in [-0.25, -0.2) is 0 Å². The van der Waals surface area contributed by atoms with Gasteiger partial charge in [-0.1, -0.05) is 118 Å². The summed E-state index contributed by atoms with van der Waals surface area (Å²) in [6.45, 7) is 3.65. The maximum atomic E-state index is 9.82. The van der Waals surface area contributed by atoms with E-state index in [0.29, 0.717) is 6.61 Å². The molecule has 0 saturated carbocycles. The van der Waals surface area contributed by atoms with Gasteiger partial charge >= 0.3 is 5.97 Å². The summed E-state index contributed by atoms with van der Waals surface area (Å²) in [7, 11) is 0. The van der Waals surface area contributed by atoms with Gasteiger partial charge in [-0.2, -0.15) is 0 Å². The lowest BCUT2D eigenvalue weighted by Gasteiger charge is -1.91. The van der Waals surface area contributed by atoms with Crippen molar-refractivity contribution in [1.82, 2.24) is 0 Å². The lowest BCUT2D eigenvalue weighted by Crippen LogP contribution is -1.95. The second-order valence-electron chi connectivity index (χ2n) is 2.76. The normalized spacial score (nSPS) is 9.05. The number of hydrogen-bond donors (Lipinski definition) is 0. The zero-order valence-electron chi connectivity index (χ0n) is 11.2. The molecule has 0 unspecified atom stereocenters. The van der Waals surface area contributed by atoms with Crippen molar-refractivity contribution in [1.29, 1.82) is 0 Å². The second-order valence-corrected chi connectivity index (χ2v) is 8.16. The first-order valence-corrected chi connectivity index (χ1v) is 8.14. The summed E-state index contributed by atoms with van der Waals surface area (Å²) in [5.74, 6) is -0.211. The Morgan fingerprint density at radius 2 is 1.14 bits per heavy atom. The van der Waals surface area contributed by atoms with Gasteiger partial charge in [0.25, 0.3) is 3.25 Å². The summed E-state index contributed by atoms with van der Waals surface area (Å²) in [6.07, 6.45) is 0. The van der Waals surface area contributed by atoms with Crippen LogP contribution in [0.15, 0.2) is 36.4 Å². The van der Waals surface area contributed by atoms with Gasteiger partial charge in [0.2, 0.25) is 0 Å². The predicted molar refractivity (Wildman–Crippen MR) is 96.2 cm³/mol. The Bertz CT molecular complexity index is 280. The van der Waals surface area contributed by atoms with Crippen LogP contribution in [0, 0.1) is 0 Å². The third-order valence-electron chi connectivity index (χ3n) is 1.01. The van der Waals surface area contributed by atoms with Crippen molar-refractivity contribution in [3.8, 4) is 0 Å². The molecule has 0 aromatic heterocycles. The maximum absolute atomic E-state index is 9.82. The Hall–Kier alpha value is 0.720. The molecule has 0 N–H and O–H groups in total. The number of alkyl halides is 7. The first-order chi connectivity index (χ1) is 9.50. The molecule has 124 valence electrons. The molecule has 0 bridgehead atoms. The summed E-state index contributed by atoms with van der Waals surface area (Å²) >= 11 is 33.7. The van der Waals surface area contributed by atoms with E-state index >= 15 is 0 Å². The van der Waals surface area contributed by atoms with Crippen molar-refractivity contribution >= 4 is 87.2 Å². The number of halogens is 7. The Balaban J connectivity index is -0.000000209. The monoisotopic (exact) mass is 436 g/mol. The van der Waals surface area contributed by atoms with Crippen molar-refractivity contribution < 1.29 is 9.53 Å². The summed E-state index contributed by atoms with van der Waals surface area (Å²) in [4.78, 5) is 9.82. The van der Waals surface area contributed by atoms with E-state index in [-0.39, 0.29) is 5.97 Å². The van der Waals surface area contributed by atoms with Crippen LogP contribution in [0.1, 0.15) is 13.8 Å². The van der Waals surface area contributed by atoms with Crippen LogP contribution >= 0.6 is 81.2 Å². The number of ether oxygens (including phenoxy) is 1. The third-order valence-corrected chi connectivity index (χ3v) is 1.01. The zero-order valence-corrected chi connectivity index (χ0v) is 16.5. The number of esters is 1. The molecule has 9 heteroatoms. The summed E-state index contributed by atoms with van der Waals surface area (Å²) < 4.78 is 2.04. The fourth-order valence-corrected chi connectivity index (χ4v) is 0.588. The van der Waals surface area contributed by atoms with Gasteiger partial charge in [-0.3, -0.25) is 4.79 Å². The Morgan fingerprint density at radius 1 is 0.952 bits per heavy atom. The lowest BCUT2D eigenvalue weighted by molar-refractivity contribution is -0.140. The van der Waals surface area contributed by atoms with Gasteiger partial charge in [0.05, 0.1) is 6.61 Å². The van der Waals surface area contributed by atoms with E-state index in [2.05, 4.69) is 4.74 Å². The van der Waals surface area contributed by atoms with Crippen LogP contribution in [-0.2, 0) is 9.53 Å². The van der Waals surface area contributed by atoms with Gasteiger partial charge in [-0.05, 0) is 6.92 Å². The quantitative estimate of drug-likeness (QED) is 0.356. The summed E-state index contributed by atoms with van der Waals surface area (Å²) in [5, 5.41) is 0. The molecule has 0 aliphatic carbocycles. The SMILES string of the molecule is CCOC(C)=O.ClC(Cl)(Cl)Cl.ClC(Cl)Cl.c1ccccc1. The van der Waals surface area contributed by atoms with E-state index in [1.165, 1.54) is 6.92 Å². The van der Waals surface area contributed by atoms with E-state index in [1.807, 2.05) is 36.4 Å². The van der Waals surface area contributed by atoms with E-state index in [1.54, 1.807) is 6.92 Å². The van der Waals surface area contributed by atoms with Crippen LogP contribution in [0.5, 0.6) is 0 Å². The molecule has 0 aliphatic heterocycles. The summed E-state index contributed by atoms with van der Waals surface area (Å²) in [6, 6.07) is 12.0. The van der Waals surface area contributed by atoms with E-state index in [0.717, 1.165) is 0 Å². The summed E-state index contributed by atoms with van der Waals surface area (Å²) in [5.41, 5.74) is 0. The molecule has 0 heterocycles. The molecule has 1 aromatic carbocycles. The van der Waals surface area contributed by atoms with Crippen LogP contribution in [-0.4, -0.2) is 20.1 Å². The maximum Gasteiger partial charge on any atom is 0.302 e. The largest absolute Gasteiger partial charge is 0.466 e. The van der Waals surface area contributed by atoms with Crippen LogP contribution in [0.3, 0.4) is 0 Å². The van der Waals surface area contributed by atoms with Crippen LogP contribution in [0.2, 0.25) is 0 Å². The molecule has 0 fully saturated rings. The van der Waals surface area contributed by atoms with Gasteiger partial charge in [0, 0.05) is 6.92 Å². The standard InChI is InChI=1S/C6H6.C4H8O2.CCl4.CHCl3/c1-2-4-6-5-3-1;1-3-6-4(2)5;2-1(3,4)5;2-1(3)4/h1-6H;3H2,1-2H3;;1H. The average Bonchev–Trinajstić information content (AvgIpc) is 2.28. The van der Waals surface area contributed by atoms with Crippen molar-refractivity contribution in [2.75, 3.05) is 6.61 Å². The van der Waals surface area contributed by atoms with Crippen molar-refractivity contribution in [2.45, 2.75) is 21.4 Å². The highest BCUT2D eigenvalue weighted by atomic mass is 35.6. The molecule has 0 spiro atoms. The Labute approximate surface area is 160 Å². The van der Waals surface area contributed by atoms with Crippen molar-refractivity contribution in [3.63, 3.8) is 0 Å². The van der Waals surface area contributed by atoms with Crippen molar-refractivity contribution in [3.05, 3.63) is 36.4 Å². The fourth-order valence-electron chi connectivity index (χ4n) is 0.588. The topological polar surface area (TPSA) is 26.3 Å². The molecular weight excluding hydrogens is 424 g/mol. The number of rotatable bonds is 1. The van der Waals surface area contributed by atoms with E-state index in [4.69, 9.17) is 81.2 Å². The zero-order chi connectivity index (χ0) is 17.3. The van der Waals surface area contributed by atoms with E-state index in [9.17, 15) is 4.79 Å². The number of carbonyl (C=O) groups is 1. The highest BCUT2D eigenvalue weighted by Crippen LogP contribution is 2.29. The van der Waals surface area contributed by atoms with E-state index < -0.39 is 7.55 Å².